The van der Waals surface area contributed by atoms with Gasteiger partial charge in [-0.15, -0.1) is 0 Å². The lowest BCUT2D eigenvalue weighted by Crippen LogP contribution is -2.51. The van der Waals surface area contributed by atoms with Gasteiger partial charge in [0.2, 0.25) is 5.91 Å². The highest BCUT2D eigenvalue weighted by Gasteiger charge is 2.30. The van der Waals surface area contributed by atoms with E-state index in [1.54, 1.807) is 17.0 Å². The fraction of sp³-hybridized carbons (Fsp3) is 0.355. The highest BCUT2D eigenvalue weighted by atomic mass is 19.1. The minimum Gasteiger partial charge on any atom is -0.484 e. The molecular formula is C31H37FN2O3. The van der Waals surface area contributed by atoms with E-state index < -0.39 is 6.04 Å². The number of ether oxygens (including phenoxy) is 1. The summed E-state index contributed by atoms with van der Waals surface area (Å²) in [5.74, 6) is 0.101. The zero-order valence-electron chi connectivity index (χ0n) is 22.0. The average Bonchev–Trinajstić information content (AvgIpc) is 2.91. The molecule has 0 aliphatic carbocycles. The summed E-state index contributed by atoms with van der Waals surface area (Å²) in [4.78, 5) is 28.5. The Balaban J connectivity index is 1.85. The van der Waals surface area contributed by atoms with Crippen molar-refractivity contribution in [2.75, 3.05) is 13.2 Å². The number of hydrogen-bond acceptors (Lipinski definition) is 3. The number of benzene rings is 3. The smallest absolute Gasteiger partial charge is 0.261 e. The topological polar surface area (TPSA) is 58.6 Å². The second-order valence-corrected chi connectivity index (χ2v) is 9.51. The van der Waals surface area contributed by atoms with Crippen LogP contribution in [-0.4, -0.2) is 35.9 Å². The third-order valence-corrected chi connectivity index (χ3v) is 6.28. The van der Waals surface area contributed by atoms with E-state index in [9.17, 15) is 14.0 Å². The molecule has 0 spiro atoms. The summed E-state index contributed by atoms with van der Waals surface area (Å²) in [6, 6.07) is 22.6. The molecule has 2 amide bonds. The van der Waals surface area contributed by atoms with E-state index >= 15 is 0 Å². The van der Waals surface area contributed by atoms with Crippen LogP contribution in [0.5, 0.6) is 5.75 Å². The molecule has 0 bridgehead atoms. The highest BCUT2D eigenvalue weighted by molar-refractivity contribution is 5.88. The van der Waals surface area contributed by atoms with Crippen LogP contribution in [0.25, 0.3) is 0 Å². The number of halogens is 1. The Morgan fingerprint density at radius 3 is 2.22 bits per heavy atom. The Morgan fingerprint density at radius 2 is 1.59 bits per heavy atom. The largest absolute Gasteiger partial charge is 0.484 e. The van der Waals surface area contributed by atoms with Gasteiger partial charge in [-0.3, -0.25) is 9.59 Å². The van der Waals surface area contributed by atoms with Gasteiger partial charge in [-0.2, -0.15) is 0 Å². The Morgan fingerprint density at radius 1 is 0.919 bits per heavy atom. The Kier molecular flexibility index (Phi) is 10.7. The molecule has 0 aliphatic rings. The van der Waals surface area contributed by atoms with Crippen LogP contribution in [0.15, 0.2) is 78.9 Å². The van der Waals surface area contributed by atoms with E-state index in [-0.39, 0.29) is 30.8 Å². The molecule has 3 rings (SSSR count). The molecule has 0 fully saturated rings. The van der Waals surface area contributed by atoms with Gasteiger partial charge < -0.3 is 15.0 Å². The summed E-state index contributed by atoms with van der Waals surface area (Å²) in [7, 11) is 0. The van der Waals surface area contributed by atoms with Crippen LogP contribution >= 0.6 is 0 Å². The van der Waals surface area contributed by atoms with Gasteiger partial charge in [0.25, 0.3) is 5.91 Å². The minimum absolute atomic E-state index is 0.160. The molecule has 6 heteroatoms. The van der Waals surface area contributed by atoms with Gasteiger partial charge in [0.05, 0.1) is 0 Å². The zero-order chi connectivity index (χ0) is 26.6. The van der Waals surface area contributed by atoms with Crippen molar-refractivity contribution in [3.8, 4) is 5.75 Å². The number of hydrogen-bond donors (Lipinski definition) is 1. The number of carbonyl (C=O) groups excluding carboxylic acids is 2. The second-order valence-electron chi connectivity index (χ2n) is 9.51. The summed E-state index contributed by atoms with van der Waals surface area (Å²) in [6.45, 7) is 6.78. The number of nitrogens with zero attached hydrogens (tertiary/aromatic N) is 1. The van der Waals surface area contributed by atoms with Crippen molar-refractivity contribution in [3.63, 3.8) is 0 Å². The van der Waals surface area contributed by atoms with Gasteiger partial charge in [0, 0.05) is 19.5 Å². The summed E-state index contributed by atoms with van der Waals surface area (Å²) in [6.07, 6.45) is 2.16. The average molecular weight is 505 g/mol. The number of amides is 2. The van der Waals surface area contributed by atoms with E-state index in [2.05, 4.69) is 26.1 Å². The van der Waals surface area contributed by atoms with E-state index in [1.807, 2.05) is 54.6 Å². The summed E-state index contributed by atoms with van der Waals surface area (Å²) in [5, 5.41) is 2.99. The van der Waals surface area contributed by atoms with E-state index in [0.29, 0.717) is 24.6 Å². The van der Waals surface area contributed by atoms with Gasteiger partial charge >= 0.3 is 0 Å². The van der Waals surface area contributed by atoms with Crippen LogP contribution in [-0.2, 0) is 22.6 Å². The molecule has 1 unspecified atom stereocenters. The molecule has 0 radical (unpaired) electrons. The number of carbonyl (C=O) groups is 2. The van der Waals surface area contributed by atoms with Crippen LogP contribution in [0, 0.1) is 5.82 Å². The molecule has 3 aromatic rings. The van der Waals surface area contributed by atoms with Crippen molar-refractivity contribution in [3.05, 3.63) is 101 Å². The van der Waals surface area contributed by atoms with Crippen molar-refractivity contribution >= 4 is 11.8 Å². The van der Waals surface area contributed by atoms with E-state index in [1.165, 1.54) is 17.7 Å². The summed E-state index contributed by atoms with van der Waals surface area (Å²) >= 11 is 0. The fourth-order valence-corrected chi connectivity index (χ4v) is 4.02. The Bertz CT molecular complexity index is 1120. The van der Waals surface area contributed by atoms with Crippen molar-refractivity contribution < 1.29 is 18.7 Å². The summed E-state index contributed by atoms with van der Waals surface area (Å²) in [5.41, 5.74) is 2.86. The van der Waals surface area contributed by atoms with Crippen LogP contribution in [0.2, 0.25) is 0 Å². The maximum absolute atomic E-state index is 13.6. The zero-order valence-corrected chi connectivity index (χ0v) is 22.0. The maximum atomic E-state index is 13.6. The third kappa shape index (κ3) is 8.74. The maximum Gasteiger partial charge on any atom is 0.261 e. The predicted octanol–water partition coefficient (Wildman–Crippen LogP) is 5.88. The van der Waals surface area contributed by atoms with Crippen molar-refractivity contribution in [2.24, 2.45) is 0 Å². The standard InChI is InChI=1S/C31H37FN2O3/c1-4-5-19-33-31(36)29(20-24-9-7-6-8-10-24)34(21-25-11-15-27(32)16-12-25)30(35)22-37-28-17-13-26(14-18-28)23(2)3/h6-18,23,29H,4-5,19-22H2,1-3H3,(H,33,36). The monoisotopic (exact) mass is 504 g/mol. The van der Waals surface area contributed by atoms with Crippen molar-refractivity contribution in [1.82, 2.24) is 10.2 Å². The number of nitrogens with one attached hydrogen (secondary N) is 1. The Labute approximate surface area is 219 Å². The molecule has 3 aromatic carbocycles. The molecule has 1 atom stereocenters. The molecule has 5 nitrogen and oxygen atoms in total. The lowest BCUT2D eigenvalue weighted by atomic mass is 10.0. The third-order valence-electron chi connectivity index (χ3n) is 6.28. The second kappa shape index (κ2) is 14.2. The van der Waals surface area contributed by atoms with Crippen LogP contribution < -0.4 is 10.1 Å². The predicted molar refractivity (Wildman–Crippen MR) is 145 cm³/mol. The van der Waals surface area contributed by atoms with E-state index in [4.69, 9.17) is 4.74 Å². The SMILES string of the molecule is CCCCNC(=O)C(Cc1ccccc1)N(Cc1ccc(F)cc1)C(=O)COc1ccc(C(C)C)cc1. The molecule has 37 heavy (non-hydrogen) atoms. The molecule has 0 aliphatic heterocycles. The first-order chi connectivity index (χ1) is 17.9. The van der Waals surface area contributed by atoms with Crippen LogP contribution in [0.4, 0.5) is 4.39 Å². The highest BCUT2D eigenvalue weighted by Crippen LogP contribution is 2.20. The van der Waals surface area contributed by atoms with Gasteiger partial charge in [0.1, 0.15) is 17.6 Å². The van der Waals surface area contributed by atoms with Crippen LogP contribution in [0.1, 0.15) is 56.2 Å². The minimum atomic E-state index is -0.747. The molecule has 0 aromatic heterocycles. The molecule has 196 valence electrons. The number of rotatable bonds is 13. The first kappa shape index (κ1) is 27.9. The molecule has 0 saturated heterocycles. The van der Waals surface area contributed by atoms with Gasteiger partial charge in [-0.1, -0.05) is 81.8 Å². The van der Waals surface area contributed by atoms with Gasteiger partial charge in [-0.05, 0) is 53.3 Å². The first-order valence-electron chi connectivity index (χ1n) is 13.0. The quantitative estimate of drug-likeness (QED) is 0.296. The lowest BCUT2D eigenvalue weighted by Gasteiger charge is -2.31. The first-order valence-corrected chi connectivity index (χ1v) is 13.0. The van der Waals surface area contributed by atoms with E-state index in [0.717, 1.165) is 24.0 Å². The molecule has 0 saturated carbocycles. The molecular weight excluding hydrogens is 467 g/mol. The molecule has 0 heterocycles. The fourth-order valence-electron chi connectivity index (χ4n) is 4.02. The summed E-state index contributed by atoms with van der Waals surface area (Å²) < 4.78 is 19.4. The van der Waals surface area contributed by atoms with Gasteiger partial charge in [-0.25, -0.2) is 4.39 Å². The van der Waals surface area contributed by atoms with Gasteiger partial charge in [0.15, 0.2) is 6.61 Å². The van der Waals surface area contributed by atoms with Crippen LogP contribution in [0.3, 0.4) is 0 Å². The number of unbranched alkanes of at least 4 members (excludes halogenated alkanes) is 1. The Hall–Kier alpha value is -3.67. The normalized spacial score (nSPS) is 11.7. The van der Waals surface area contributed by atoms with Crippen molar-refractivity contribution in [2.45, 2.75) is 58.5 Å². The molecule has 1 N–H and O–H groups in total. The van der Waals surface area contributed by atoms with Crippen molar-refractivity contribution in [1.29, 1.82) is 0 Å². The lowest BCUT2D eigenvalue weighted by molar-refractivity contribution is -0.142.